The van der Waals surface area contributed by atoms with E-state index in [2.05, 4.69) is 54.4 Å². The number of urea groups is 1. The first-order chi connectivity index (χ1) is 26.3. The molecule has 2 aromatic heterocycles. The zero-order valence-electron chi connectivity index (χ0n) is 30.6. The van der Waals surface area contributed by atoms with Crippen molar-refractivity contribution in [2.45, 2.75) is 68.9 Å². The van der Waals surface area contributed by atoms with Gasteiger partial charge in [-0.05, 0) is 92.4 Å². The Bertz CT molecular complexity index is 2140. The van der Waals surface area contributed by atoms with E-state index in [1.165, 1.54) is 20.8 Å². The van der Waals surface area contributed by atoms with Crippen LogP contribution in [0.15, 0.2) is 53.7 Å². The summed E-state index contributed by atoms with van der Waals surface area (Å²) < 4.78 is 74.4. The minimum atomic E-state index is -3.91. The lowest BCUT2D eigenvalue weighted by atomic mass is 9.88. The molecular formula is C37H44F3N9O5S. The van der Waals surface area contributed by atoms with Crippen molar-refractivity contribution in [1.29, 1.82) is 0 Å². The number of aryl methyl sites for hydroxylation is 1. The third-order valence-electron chi connectivity index (χ3n) is 10.7. The molecule has 3 aliphatic heterocycles. The number of fused-ring (bicyclic) bond motifs is 1. The summed E-state index contributed by atoms with van der Waals surface area (Å²) in [6, 6.07) is 9.85. The van der Waals surface area contributed by atoms with Crippen LogP contribution in [0.25, 0.3) is 10.9 Å². The Labute approximate surface area is 317 Å². The number of piperidine rings is 2. The first-order valence-electron chi connectivity index (χ1n) is 18.5. The molecule has 14 nitrogen and oxygen atoms in total. The molecule has 5 heterocycles. The molecule has 55 heavy (non-hydrogen) atoms. The Hall–Kier alpha value is -4.81. The van der Waals surface area contributed by atoms with Crippen molar-refractivity contribution in [3.05, 3.63) is 65.7 Å². The van der Waals surface area contributed by atoms with Crippen molar-refractivity contribution < 1.29 is 35.9 Å². The van der Waals surface area contributed by atoms with Gasteiger partial charge in [-0.2, -0.15) is 18.2 Å². The molecule has 4 aromatic rings. The molecule has 0 saturated carbocycles. The number of hydrogen-bond donors (Lipinski definition) is 2. The molecule has 3 aliphatic rings. The standard InChI is InChI=1S/C37H44F3N9O5S/c1-23(22-47-12-7-24(8-13-47)25-4-6-30-32(18-25)46(2)45-34(30)49-16-11-33(50)44-37(49)51)17-26-3-5-29(19-31(26)38)55(52,53)48-14-9-27(10-15-48)43-36-41-20-28(21-42-36)54-35(39)40/h3-6,18-21,23-24,27,35H,7-17,22H2,1-2H3,(H,41,42,43)(H,44,50,51). The van der Waals surface area contributed by atoms with Crippen molar-refractivity contribution in [3.8, 4) is 5.75 Å². The minimum absolute atomic E-state index is 0.0816. The Morgan fingerprint density at radius 3 is 2.38 bits per heavy atom. The number of carbonyl (C=O) groups is 2. The van der Waals surface area contributed by atoms with E-state index in [0.29, 0.717) is 43.1 Å². The van der Waals surface area contributed by atoms with Crippen LogP contribution in [0.1, 0.15) is 56.1 Å². The summed E-state index contributed by atoms with van der Waals surface area (Å²) in [4.78, 5) is 35.9. The average Bonchev–Trinajstić information content (AvgIpc) is 3.48. The Morgan fingerprint density at radius 1 is 0.982 bits per heavy atom. The number of likely N-dealkylation sites (tertiary alicyclic amines) is 1. The van der Waals surface area contributed by atoms with Crippen LogP contribution < -0.4 is 20.3 Å². The van der Waals surface area contributed by atoms with Crippen LogP contribution in [0, 0.1) is 11.7 Å². The van der Waals surface area contributed by atoms with Gasteiger partial charge in [0.05, 0.1) is 22.8 Å². The number of ether oxygens (including phenoxy) is 1. The number of sulfonamides is 1. The van der Waals surface area contributed by atoms with Gasteiger partial charge in [0.25, 0.3) is 0 Å². The van der Waals surface area contributed by atoms with Crippen LogP contribution in [0.3, 0.4) is 0 Å². The lowest BCUT2D eigenvalue weighted by Crippen LogP contribution is -2.49. The number of amides is 3. The van der Waals surface area contributed by atoms with Crippen molar-refractivity contribution in [2.75, 3.05) is 49.5 Å². The number of halogens is 3. The summed E-state index contributed by atoms with van der Waals surface area (Å²) in [7, 11) is -2.06. The number of nitrogens with one attached hydrogen (secondary N) is 2. The summed E-state index contributed by atoms with van der Waals surface area (Å²) in [6.45, 7) is 2.40. The number of hydrogen-bond acceptors (Lipinski definition) is 10. The summed E-state index contributed by atoms with van der Waals surface area (Å²) in [5, 5.41) is 10.9. The number of benzene rings is 2. The van der Waals surface area contributed by atoms with E-state index in [0.717, 1.165) is 61.8 Å². The van der Waals surface area contributed by atoms with Crippen LogP contribution >= 0.6 is 0 Å². The van der Waals surface area contributed by atoms with Crippen molar-refractivity contribution >= 4 is 44.6 Å². The maximum absolute atomic E-state index is 15.4. The topological polar surface area (TPSA) is 155 Å². The fourth-order valence-corrected chi connectivity index (χ4v) is 9.27. The molecule has 3 amide bonds. The Balaban J connectivity index is 0.884. The molecular weight excluding hydrogens is 740 g/mol. The average molecular weight is 784 g/mol. The second kappa shape index (κ2) is 16.1. The van der Waals surface area contributed by atoms with Crippen LogP contribution in [0.2, 0.25) is 0 Å². The molecule has 294 valence electrons. The molecule has 1 unspecified atom stereocenters. The van der Waals surface area contributed by atoms with E-state index in [9.17, 15) is 26.8 Å². The summed E-state index contributed by atoms with van der Waals surface area (Å²) in [6.07, 6.45) is 5.83. The van der Waals surface area contributed by atoms with E-state index >= 15 is 4.39 Å². The quantitative estimate of drug-likeness (QED) is 0.203. The Morgan fingerprint density at radius 2 is 1.71 bits per heavy atom. The predicted molar refractivity (Wildman–Crippen MR) is 198 cm³/mol. The van der Waals surface area contributed by atoms with Crippen molar-refractivity contribution in [3.63, 3.8) is 0 Å². The monoisotopic (exact) mass is 783 g/mol. The van der Waals surface area contributed by atoms with E-state index in [1.54, 1.807) is 10.7 Å². The highest BCUT2D eigenvalue weighted by atomic mass is 32.2. The molecule has 2 aromatic carbocycles. The number of anilines is 2. The molecule has 3 fully saturated rings. The van der Waals surface area contributed by atoms with E-state index < -0.39 is 28.5 Å². The van der Waals surface area contributed by atoms with E-state index in [1.807, 2.05) is 13.1 Å². The number of carbonyl (C=O) groups excluding carboxylic acids is 2. The summed E-state index contributed by atoms with van der Waals surface area (Å²) in [5.74, 6) is 0.288. The molecule has 18 heteroatoms. The van der Waals surface area contributed by atoms with Gasteiger partial charge in [0.15, 0.2) is 11.6 Å². The highest BCUT2D eigenvalue weighted by Crippen LogP contribution is 2.34. The fraction of sp³-hybridized carbons (Fsp3) is 0.486. The zero-order chi connectivity index (χ0) is 38.9. The SMILES string of the molecule is CC(Cc1ccc(S(=O)(=O)N2CCC(Nc3ncc(OC(F)F)cn3)CC2)cc1F)CN1CCC(c2ccc3c(N4CCC(=O)NC4=O)nn(C)c3c2)CC1. The van der Waals surface area contributed by atoms with Crippen LogP contribution in [-0.2, 0) is 28.3 Å². The molecule has 3 saturated heterocycles. The van der Waals surface area contributed by atoms with Crippen molar-refractivity contribution in [1.82, 2.24) is 34.3 Å². The number of aromatic nitrogens is 4. The number of imide groups is 1. The normalized spacial score (nSPS) is 18.9. The van der Waals surface area contributed by atoms with Gasteiger partial charge in [-0.1, -0.05) is 19.1 Å². The zero-order valence-corrected chi connectivity index (χ0v) is 31.4. The Kier molecular flexibility index (Phi) is 11.3. The predicted octanol–water partition coefficient (Wildman–Crippen LogP) is 4.87. The molecule has 1 atom stereocenters. The maximum atomic E-state index is 15.4. The second-order valence-electron chi connectivity index (χ2n) is 14.6. The highest BCUT2D eigenvalue weighted by molar-refractivity contribution is 7.89. The second-order valence-corrected chi connectivity index (χ2v) is 16.5. The third-order valence-corrected chi connectivity index (χ3v) is 12.6. The molecule has 0 bridgehead atoms. The minimum Gasteiger partial charge on any atom is -0.432 e. The summed E-state index contributed by atoms with van der Waals surface area (Å²) in [5.41, 5.74) is 2.62. The van der Waals surface area contributed by atoms with Gasteiger partial charge in [-0.15, -0.1) is 0 Å². The lowest BCUT2D eigenvalue weighted by molar-refractivity contribution is -0.120. The van der Waals surface area contributed by atoms with Gasteiger partial charge in [-0.3, -0.25) is 19.7 Å². The molecule has 0 radical (unpaired) electrons. The van der Waals surface area contributed by atoms with Gasteiger partial charge < -0.3 is 15.0 Å². The highest BCUT2D eigenvalue weighted by Gasteiger charge is 2.32. The lowest BCUT2D eigenvalue weighted by Gasteiger charge is -2.34. The smallest absolute Gasteiger partial charge is 0.387 e. The molecule has 0 spiro atoms. The summed E-state index contributed by atoms with van der Waals surface area (Å²) >= 11 is 0. The van der Waals surface area contributed by atoms with Gasteiger partial charge in [0, 0.05) is 51.1 Å². The van der Waals surface area contributed by atoms with Crippen LogP contribution in [0.5, 0.6) is 5.75 Å². The number of nitrogens with zero attached hydrogens (tertiary/aromatic N) is 7. The van der Waals surface area contributed by atoms with Crippen LogP contribution in [-0.4, -0.2) is 101 Å². The van der Waals surface area contributed by atoms with Gasteiger partial charge in [0.2, 0.25) is 21.9 Å². The molecule has 0 aliphatic carbocycles. The molecule has 7 rings (SSSR count). The number of alkyl halides is 2. The fourth-order valence-electron chi connectivity index (χ4n) is 7.79. The first-order valence-corrected chi connectivity index (χ1v) is 19.9. The maximum Gasteiger partial charge on any atom is 0.387 e. The largest absolute Gasteiger partial charge is 0.432 e. The first kappa shape index (κ1) is 38.5. The van der Waals surface area contributed by atoms with Gasteiger partial charge in [-0.25, -0.2) is 27.6 Å². The van der Waals surface area contributed by atoms with E-state index in [-0.39, 0.29) is 54.0 Å². The van der Waals surface area contributed by atoms with Gasteiger partial charge >= 0.3 is 12.6 Å². The van der Waals surface area contributed by atoms with E-state index in [4.69, 9.17) is 0 Å². The third kappa shape index (κ3) is 8.70. The van der Waals surface area contributed by atoms with Gasteiger partial charge in [0.1, 0.15) is 5.82 Å². The number of rotatable bonds is 12. The van der Waals surface area contributed by atoms with Crippen molar-refractivity contribution in [2.24, 2.45) is 13.0 Å². The van der Waals surface area contributed by atoms with Crippen LogP contribution in [0.4, 0.5) is 29.7 Å². The molecule has 2 N–H and O–H groups in total.